The summed E-state index contributed by atoms with van der Waals surface area (Å²) < 4.78 is 40.8. The van der Waals surface area contributed by atoms with E-state index in [1.807, 2.05) is 0 Å². The molecule has 0 saturated carbocycles. The summed E-state index contributed by atoms with van der Waals surface area (Å²) in [4.78, 5) is 0. The summed E-state index contributed by atoms with van der Waals surface area (Å²) in [6.45, 7) is 1.46. The van der Waals surface area contributed by atoms with Gasteiger partial charge in [-0.2, -0.15) is 0 Å². The van der Waals surface area contributed by atoms with Crippen LogP contribution in [-0.4, -0.2) is 0 Å². The number of hydrazine groups is 1. The number of hydrogen-bond donors (Lipinski definition) is 2. The van der Waals surface area contributed by atoms with Crippen LogP contribution in [0.5, 0.6) is 0 Å². The van der Waals surface area contributed by atoms with Gasteiger partial charge < -0.3 is 0 Å². The van der Waals surface area contributed by atoms with E-state index < -0.39 is 23.5 Å². The highest BCUT2D eigenvalue weighted by atomic mass is 35.5. The summed E-state index contributed by atoms with van der Waals surface area (Å²) in [5, 5.41) is -0.115. The zero-order valence-corrected chi connectivity index (χ0v) is 11.3. The molecule has 0 fully saturated rings. The third-order valence-corrected chi connectivity index (χ3v) is 3.35. The summed E-state index contributed by atoms with van der Waals surface area (Å²) >= 11 is 5.69. The van der Waals surface area contributed by atoms with Crippen LogP contribution in [0.2, 0.25) is 5.02 Å². The highest BCUT2D eigenvalue weighted by Crippen LogP contribution is 2.28. The van der Waals surface area contributed by atoms with Crippen molar-refractivity contribution >= 4 is 11.6 Å². The number of hydrogen-bond acceptors (Lipinski definition) is 2. The highest BCUT2D eigenvalue weighted by molar-refractivity contribution is 6.30. The normalized spacial score (nSPS) is 12.5. The van der Waals surface area contributed by atoms with Crippen molar-refractivity contribution < 1.29 is 13.2 Å². The smallest absolute Gasteiger partial charge is 0.164 e. The third-order valence-electron chi connectivity index (χ3n) is 3.06. The second-order valence-corrected chi connectivity index (χ2v) is 4.78. The van der Waals surface area contributed by atoms with Gasteiger partial charge in [0.25, 0.3) is 0 Å². The van der Waals surface area contributed by atoms with Gasteiger partial charge in [-0.25, -0.2) is 18.6 Å². The molecule has 20 heavy (non-hydrogen) atoms. The Kier molecular flexibility index (Phi) is 4.32. The molecule has 0 heterocycles. The van der Waals surface area contributed by atoms with Crippen LogP contribution in [0.1, 0.15) is 22.7 Å². The van der Waals surface area contributed by atoms with Crippen LogP contribution in [0.4, 0.5) is 13.2 Å². The largest absolute Gasteiger partial charge is 0.271 e. The standard InChI is InChI=1S/C14H12ClF3N2/c1-7-2-4-9(13(18)12(7)17)14(20-19)8-3-5-11(16)10(15)6-8/h2-6,14,20H,19H2,1H3. The Morgan fingerprint density at radius 1 is 1.10 bits per heavy atom. The Labute approximate surface area is 119 Å². The quantitative estimate of drug-likeness (QED) is 0.671. The molecule has 0 aromatic heterocycles. The molecule has 2 rings (SSSR count). The molecule has 0 aliphatic carbocycles. The Morgan fingerprint density at radius 3 is 2.40 bits per heavy atom. The summed E-state index contributed by atoms with van der Waals surface area (Å²) in [6, 6.07) is 5.91. The minimum atomic E-state index is -0.992. The molecule has 0 radical (unpaired) electrons. The molecule has 0 saturated heterocycles. The van der Waals surface area contributed by atoms with Gasteiger partial charge in [0.1, 0.15) is 5.82 Å². The molecule has 0 aliphatic rings. The molecule has 2 aromatic carbocycles. The maximum atomic E-state index is 14.0. The van der Waals surface area contributed by atoms with Crippen LogP contribution < -0.4 is 11.3 Å². The van der Waals surface area contributed by atoms with Crippen LogP contribution in [0.15, 0.2) is 30.3 Å². The van der Waals surface area contributed by atoms with Crippen LogP contribution in [0.3, 0.4) is 0 Å². The van der Waals surface area contributed by atoms with Gasteiger partial charge in [0.2, 0.25) is 0 Å². The maximum absolute atomic E-state index is 14.0. The summed E-state index contributed by atoms with van der Waals surface area (Å²) in [5.74, 6) is 2.88. The van der Waals surface area contributed by atoms with Crippen molar-refractivity contribution in [3.63, 3.8) is 0 Å². The van der Waals surface area contributed by atoms with E-state index in [1.54, 1.807) is 0 Å². The minimum absolute atomic E-state index is 0.0262. The first-order valence-corrected chi connectivity index (χ1v) is 6.19. The van der Waals surface area contributed by atoms with Crippen LogP contribution in [0, 0.1) is 24.4 Å². The lowest BCUT2D eigenvalue weighted by Gasteiger charge is -2.18. The first-order chi connectivity index (χ1) is 9.45. The number of nitrogens with two attached hydrogens (primary N) is 1. The van der Waals surface area contributed by atoms with E-state index in [1.165, 1.54) is 31.2 Å². The summed E-state index contributed by atoms with van der Waals surface area (Å²) in [7, 11) is 0. The zero-order chi connectivity index (χ0) is 14.9. The zero-order valence-electron chi connectivity index (χ0n) is 10.6. The molecule has 0 spiro atoms. The van der Waals surface area contributed by atoms with Gasteiger partial charge in [-0.1, -0.05) is 29.8 Å². The predicted molar refractivity (Wildman–Crippen MR) is 71.7 cm³/mol. The highest BCUT2D eigenvalue weighted by Gasteiger charge is 2.21. The van der Waals surface area contributed by atoms with Crippen LogP contribution >= 0.6 is 11.6 Å². The maximum Gasteiger partial charge on any atom is 0.164 e. The Balaban J connectivity index is 2.52. The lowest BCUT2D eigenvalue weighted by atomic mass is 9.97. The van der Waals surface area contributed by atoms with Crippen LogP contribution in [0.25, 0.3) is 0 Å². The van der Waals surface area contributed by atoms with E-state index in [2.05, 4.69) is 5.43 Å². The molecule has 1 unspecified atom stereocenters. The number of benzene rings is 2. The molecule has 0 amide bonds. The first-order valence-electron chi connectivity index (χ1n) is 5.81. The average Bonchev–Trinajstić information content (AvgIpc) is 2.43. The molecule has 2 aromatic rings. The number of nitrogens with one attached hydrogen (secondary N) is 1. The van der Waals surface area contributed by atoms with Gasteiger partial charge in [-0.15, -0.1) is 0 Å². The number of aryl methyl sites for hydroxylation is 1. The molecule has 1 atom stereocenters. The molecule has 0 aliphatic heterocycles. The van der Waals surface area contributed by atoms with Gasteiger partial charge in [-0.3, -0.25) is 5.84 Å². The monoisotopic (exact) mass is 300 g/mol. The molecule has 2 nitrogen and oxygen atoms in total. The van der Waals surface area contributed by atoms with E-state index in [-0.39, 0.29) is 16.1 Å². The van der Waals surface area contributed by atoms with Gasteiger partial charge in [0.15, 0.2) is 11.6 Å². The number of halogens is 4. The van der Waals surface area contributed by atoms with Crippen molar-refractivity contribution in [3.8, 4) is 0 Å². The fraction of sp³-hybridized carbons (Fsp3) is 0.143. The topological polar surface area (TPSA) is 38.0 Å². The Hall–Kier alpha value is -1.56. The fourth-order valence-electron chi connectivity index (χ4n) is 1.94. The van der Waals surface area contributed by atoms with Gasteiger partial charge in [0.05, 0.1) is 11.1 Å². The molecule has 0 bridgehead atoms. The third kappa shape index (κ3) is 2.65. The van der Waals surface area contributed by atoms with Crippen LogP contribution in [-0.2, 0) is 0 Å². The van der Waals surface area contributed by atoms with E-state index >= 15 is 0 Å². The predicted octanol–water partition coefficient (Wildman–Crippen LogP) is 3.62. The fourth-order valence-corrected chi connectivity index (χ4v) is 2.13. The van der Waals surface area contributed by atoms with Crippen molar-refractivity contribution in [2.75, 3.05) is 0 Å². The van der Waals surface area contributed by atoms with Crippen molar-refractivity contribution in [2.45, 2.75) is 13.0 Å². The second-order valence-electron chi connectivity index (χ2n) is 4.37. The SMILES string of the molecule is Cc1ccc(C(NN)c2ccc(F)c(Cl)c2)c(F)c1F. The van der Waals surface area contributed by atoms with Crippen molar-refractivity contribution in [1.29, 1.82) is 0 Å². The van der Waals surface area contributed by atoms with Gasteiger partial charge >= 0.3 is 0 Å². The lowest BCUT2D eigenvalue weighted by Crippen LogP contribution is -2.29. The Morgan fingerprint density at radius 2 is 1.80 bits per heavy atom. The lowest BCUT2D eigenvalue weighted by molar-refractivity contribution is 0.478. The van der Waals surface area contributed by atoms with E-state index in [4.69, 9.17) is 17.4 Å². The van der Waals surface area contributed by atoms with E-state index in [0.29, 0.717) is 5.56 Å². The first kappa shape index (κ1) is 14.8. The van der Waals surface area contributed by atoms with Crippen molar-refractivity contribution in [3.05, 3.63) is 69.5 Å². The van der Waals surface area contributed by atoms with Crippen molar-refractivity contribution in [2.24, 2.45) is 5.84 Å². The summed E-state index contributed by atoms with van der Waals surface area (Å²) in [6.07, 6.45) is 0. The second kappa shape index (κ2) is 5.83. The molecule has 106 valence electrons. The summed E-state index contributed by atoms with van der Waals surface area (Å²) in [5.41, 5.74) is 3.03. The van der Waals surface area contributed by atoms with E-state index in [0.717, 1.165) is 6.07 Å². The number of rotatable bonds is 3. The van der Waals surface area contributed by atoms with Gasteiger partial charge in [0, 0.05) is 5.56 Å². The van der Waals surface area contributed by atoms with Gasteiger partial charge in [-0.05, 0) is 30.2 Å². The average molecular weight is 301 g/mol. The minimum Gasteiger partial charge on any atom is -0.271 e. The molecule has 3 N–H and O–H groups in total. The molecular weight excluding hydrogens is 289 g/mol. The Bertz CT molecular complexity index is 647. The molecule has 6 heteroatoms. The van der Waals surface area contributed by atoms with Crippen molar-refractivity contribution in [1.82, 2.24) is 5.43 Å². The molecular formula is C14H12ClF3N2. The van der Waals surface area contributed by atoms with E-state index in [9.17, 15) is 13.2 Å².